The summed E-state index contributed by atoms with van der Waals surface area (Å²) in [6.45, 7) is 3.16. The topological polar surface area (TPSA) is 30.7 Å². The highest BCUT2D eigenvalue weighted by Crippen LogP contribution is 2.57. The third-order valence-corrected chi connectivity index (χ3v) is 10.3. The van der Waals surface area contributed by atoms with Gasteiger partial charge in [0.25, 0.3) is 0 Å². The summed E-state index contributed by atoms with van der Waals surface area (Å²) in [6.07, 6.45) is 2.21. The van der Waals surface area contributed by atoms with Gasteiger partial charge in [0.2, 0.25) is 0 Å². The zero-order chi connectivity index (χ0) is 32.5. The first-order valence-corrected chi connectivity index (χ1v) is 17.3. The Morgan fingerprint density at radius 2 is 1.16 bits per heavy atom. The van der Waals surface area contributed by atoms with E-state index >= 15 is 0 Å². The molecule has 3 nitrogen and oxygen atoms in total. The van der Waals surface area contributed by atoms with Crippen molar-refractivity contribution < 1.29 is 0 Å². The van der Waals surface area contributed by atoms with Crippen molar-refractivity contribution in [3.05, 3.63) is 146 Å². The van der Waals surface area contributed by atoms with Crippen LogP contribution in [0, 0.1) is 0 Å². The molecule has 2 aromatic heterocycles. The zero-order valence-electron chi connectivity index (χ0n) is 27.3. The number of unbranched alkanes of at least 4 members (excludes halogenated alkanes) is 1. The number of nitrogens with zero attached hydrogens (tertiary/aromatic N) is 3. The van der Waals surface area contributed by atoms with Gasteiger partial charge < -0.3 is 4.57 Å². The van der Waals surface area contributed by atoms with Crippen LogP contribution in [0.3, 0.4) is 0 Å². The molecule has 1 aliphatic carbocycles. The Labute approximate surface area is 285 Å². The van der Waals surface area contributed by atoms with Crippen molar-refractivity contribution in [2.45, 2.75) is 26.3 Å². The molecule has 0 bridgehead atoms. The maximum atomic E-state index is 5.24. The number of hydrogen-bond donors (Lipinski definition) is 0. The predicted octanol–water partition coefficient (Wildman–Crippen LogP) is 12.3. The van der Waals surface area contributed by atoms with Gasteiger partial charge in [-0.05, 0) is 103 Å². The highest BCUT2D eigenvalue weighted by molar-refractivity contribution is 6.23. The zero-order valence-corrected chi connectivity index (χ0v) is 27.3. The highest BCUT2D eigenvalue weighted by atomic mass is 15.1. The van der Waals surface area contributed by atoms with Crippen LogP contribution in [0.25, 0.3) is 99.5 Å². The molecule has 2 heterocycles. The van der Waals surface area contributed by atoms with Crippen LogP contribution in [0.15, 0.2) is 146 Å². The fourth-order valence-electron chi connectivity index (χ4n) is 8.11. The van der Waals surface area contributed by atoms with Crippen molar-refractivity contribution >= 4 is 43.9 Å². The molecular formula is C46H33N3. The second-order valence-electron chi connectivity index (χ2n) is 13.2. The molecule has 9 aromatic rings. The molecule has 0 aliphatic heterocycles. The Kier molecular flexibility index (Phi) is 6.29. The van der Waals surface area contributed by atoms with E-state index in [9.17, 15) is 0 Å². The lowest BCUT2D eigenvalue weighted by molar-refractivity contribution is 0.661. The number of para-hydroxylation sites is 2. The first-order chi connectivity index (χ1) is 24.3. The molecule has 49 heavy (non-hydrogen) atoms. The van der Waals surface area contributed by atoms with Crippen molar-refractivity contribution in [2.75, 3.05) is 0 Å². The van der Waals surface area contributed by atoms with E-state index in [1.807, 2.05) is 12.1 Å². The lowest BCUT2D eigenvalue weighted by atomic mass is 9.82. The van der Waals surface area contributed by atoms with E-state index in [0.717, 1.165) is 47.0 Å². The number of rotatable bonds is 6. The summed E-state index contributed by atoms with van der Waals surface area (Å²) in [5.41, 5.74) is 17.6. The van der Waals surface area contributed by atoms with Crippen LogP contribution in [-0.2, 0) is 6.54 Å². The summed E-state index contributed by atoms with van der Waals surface area (Å²) in [4.78, 5) is 10.4. The van der Waals surface area contributed by atoms with E-state index in [-0.39, 0.29) is 0 Å². The second-order valence-corrected chi connectivity index (χ2v) is 13.2. The highest BCUT2D eigenvalue weighted by Gasteiger charge is 2.30. The van der Waals surface area contributed by atoms with Gasteiger partial charge in [-0.15, -0.1) is 0 Å². The summed E-state index contributed by atoms with van der Waals surface area (Å²) < 4.78 is 2.38. The lowest BCUT2D eigenvalue weighted by Crippen LogP contribution is -1.99. The van der Waals surface area contributed by atoms with Gasteiger partial charge in [-0.3, -0.25) is 0 Å². The minimum atomic E-state index is 0.914. The summed E-state index contributed by atoms with van der Waals surface area (Å²) in [6, 6.07) is 53.0. The van der Waals surface area contributed by atoms with E-state index < -0.39 is 0 Å². The van der Waals surface area contributed by atoms with Crippen LogP contribution in [-0.4, -0.2) is 14.5 Å². The molecule has 0 saturated carbocycles. The summed E-state index contributed by atoms with van der Waals surface area (Å²) in [7, 11) is 0. The molecule has 0 saturated heterocycles. The van der Waals surface area contributed by atoms with Gasteiger partial charge in [0, 0.05) is 11.9 Å². The number of aryl methyl sites for hydroxylation is 1. The van der Waals surface area contributed by atoms with Crippen LogP contribution in [0.5, 0.6) is 0 Å². The molecule has 0 atom stereocenters. The maximum Gasteiger partial charge on any atom is 0.160 e. The van der Waals surface area contributed by atoms with Gasteiger partial charge in [0.15, 0.2) is 5.65 Å². The molecule has 7 aromatic carbocycles. The van der Waals surface area contributed by atoms with Gasteiger partial charge in [-0.1, -0.05) is 129 Å². The number of aromatic nitrogens is 3. The van der Waals surface area contributed by atoms with E-state index in [1.54, 1.807) is 0 Å². The number of hydrogen-bond acceptors (Lipinski definition) is 2. The molecule has 0 unspecified atom stereocenters. The van der Waals surface area contributed by atoms with Gasteiger partial charge in [0.1, 0.15) is 5.52 Å². The molecule has 0 spiro atoms. The smallest absolute Gasteiger partial charge is 0.160 e. The predicted molar refractivity (Wildman–Crippen MR) is 206 cm³/mol. The number of benzene rings is 7. The normalized spacial score (nSPS) is 12.0. The SMILES string of the molecule is CCCCn1c2ccc(-c3cc(-c4ccccc4)c4c(c3-c3ccccc3)-c3cccc5cccc-4c35)cc2c2nc3ccccc3nc21. The Balaban J connectivity index is 1.33. The quantitative estimate of drug-likeness (QED) is 0.184. The van der Waals surface area contributed by atoms with Crippen molar-refractivity contribution in [1.29, 1.82) is 0 Å². The Morgan fingerprint density at radius 3 is 1.90 bits per heavy atom. The van der Waals surface area contributed by atoms with E-state index in [0.29, 0.717) is 0 Å². The molecule has 0 amide bonds. The van der Waals surface area contributed by atoms with Crippen LogP contribution in [0.1, 0.15) is 19.8 Å². The lowest BCUT2D eigenvalue weighted by Gasteiger charge is -2.21. The van der Waals surface area contributed by atoms with Crippen molar-refractivity contribution in [3.63, 3.8) is 0 Å². The van der Waals surface area contributed by atoms with Crippen LogP contribution in [0.2, 0.25) is 0 Å². The van der Waals surface area contributed by atoms with E-state index in [2.05, 4.69) is 145 Å². The van der Waals surface area contributed by atoms with Gasteiger partial charge in [-0.25, -0.2) is 9.97 Å². The summed E-state index contributed by atoms with van der Waals surface area (Å²) in [5, 5.41) is 3.76. The van der Waals surface area contributed by atoms with Crippen molar-refractivity contribution in [3.8, 4) is 55.6 Å². The fourth-order valence-corrected chi connectivity index (χ4v) is 8.11. The molecular weight excluding hydrogens is 595 g/mol. The molecule has 10 rings (SSSR count). The summed E-state index contributed by atoms with van der Waals surface area (Å²) in [5.74, 6) is 0. The maximum absolute atomic E-state index is 5.24. The largest absolute Gasteiger partial charge is 0.324 e. The first kappa shape index (κ1) is 28.0. The van der Waals surface area contributed by atoms with E-state index in [4.69, 9.17) is 9.97 Å². The fraction of sp³-hybridized carbons (Fsp3) is 0.0870. The number of fused-ring (bicyclic) bond motifs is 7. The van der Waals surface area contributed by atoms with Crippen LogP contribution >= 0.6 is 0 Å². The molecule has 3 heteroatoms. The van der Waals surface area contributed by atoms with Crippen LogP contribution < -0.4 is 0 Å². The van der Waals surface area contributed by atoms with E-state index in [1.165, 1.54) is 71.9 Å². The van der Waals surface area contributed by atoms with Gasteiger partial charge in [0.05, 0.1) is 16.6 Å². The Hall–Kier alpha value is -6.06. The third-order valence-electron chi connectivity index (χ3n) is 10.3. The molecule has 232 valence electrons. The first-order valence-electron chi connectivity index (χ1n) is 17.3. The standard InChI is InChI=1S/C46H33N3/c1-2-3-26-49-40-25-24-32(27-37(40)45-46(49)48-39-23-11-10-22-38(39)47-45)36-28-35(29-14-6-4-7-15-29)43-33-20-12-18-30-19-13-21-34(41(30)33)44(43)42(36)31-16-8-5-9-17-31/h4-25,27-28H,2-3,26H2,1H3. The average Bonchev–Trinajstić information content (AvgIpc) is 3.66. The monoisotopic (exact) mass is 627 g/mol. The average molecular weight is 628 g/mol. The van der Waals surface area contributed by atoms with Gasteiger partial charge >= 0.3 is 0 Å². The van der Waals surface area contributed by atoms with Crippen molar-refractivity contribution in [2.24, 2.45) is 0 Å². The molecule has 0 fully saturated rings. The van der Waals surface area contributed by atoms with Crippen LogP contribution in [0.4, 0.5) is 0 Å². The Bertz CT molecular complexity index is 2730. The minimum absolute atomic E-state index is 0.914. The second kappa shape index (κ2) is 11.0. The molecule has 1 aliphatic rings. The molecule has 0 radical (unpaired) electrons. The van der Waals surface area contributed by atoms with Gasteiger partial charge in [-0.2, -0.15) is 0 Å². The minimum Gasteiger partial charge on any atom is -0.324 e. The third kappa shape index (κ3) is 4.22. The van der Waals surface area contributed by atoms with Crippen molar-refractivity contribution in [1.82, 2.24) is 14.5 Å². The molecule has 0 N–H and O–H groups in total. The summed E-state index contributed by atoms with van der Waals surface area (Å²) >= 11 is 0. The Morgan fingerprint density at radius 1 is 0.510 bits per heavy atom.